The van der Waals surface area contributed by atoms with E-state index in [2.05, 4.69) is 11.0 Å². The molecule has 1 aromatic carbocycles. The summed E-state index contributed by atoms with van der Waals surface area (Å²) in [5, 5.41) is 9.49. The minimum absolute atomic E-state index is 0.395. The molecule has 1 aromatic rings. The molecule has 24 heavy (non-hydrogen) atoms. The fraction of sp³-hybridized carbons (Fsp3) is 0.526. The molecule has 1 atom stereocenters. The van der Waals surface area contributed by atoms with Crippen LogP contribution in [0.4, 0.5) is 0 Å². The van der Waals surface area contributed by atoms with E-state index < -0.39 is 5.41 Å². The first kappa shape index (κ1) is 18.2. The maximum atomic E-state index is 9.49. The summed E-state index contributed by atoms with van der Waals surface area (Å²) < 4.78 is 11.1. The van der Waals surface area contributed by atoms with Crippen LogP contribution >= 0.6 is 0 Å². The summed E-state index contributed by atoms with van der Waals surface area (Å²) in [7, 11) is 7.37. The number of allylic oxidation sites excluding steroid dienone is 2. The molecule has 0 aromatic heterocycles. The topological polar surface area (TPSA) is 71.5 Å². The van der Waals surface area contributed by atoms with Crippen LogP contribution in [0, 0.1) is 11.3 Å². The predicted octanol–water partition coefficient (Wildman–Crippen LogP) is 2.81. The third-order valence-electron chi connectivity index (χ3n) is 4.91. The molecule has 130 valence electrons. The minimum Gasteiger partial charge on any atom is -0.493 e. The van der Waals surface area contributed by atoms with Gasteiger partial charge >= 0.3 is 0 Å². The zero-order valence-electron chi connectivity index (χ0n) is 15.1. The van der Waals surface area contributed by atoms with E-state index in [0.717, 1.165) is 37.8 Å². The third-order valence-corrected chi connectivity index (χ3v) is 4.91. The van der Waals surface area contributed by atoms with Crippen molar-refractivity contribution in [1.29, 1.82) is 5.26 Å². The second-order valence-electron chi connectivity index (χ2n) is 6.53. The molecule has 0 heterocycles. The second kappa shape index (κ2) is 7.59. The molecule has 0 saturated heterocycles. The lowest BCUT2D eigenvalue weighted by atomic mass is 9.66. The van der Waals surface area contributed by atoms with E-state index in [0.29, 0.717) is 22.8 Å². The number of hydrogen-bond donors (Lipinski definition) is 1. The number of hydrogen-bond acceptors (Lipinski definition) is 5. The van der Waals surface area contributed by atoms with Gasteiger partial charge in [-0.1, -0.05) is 12.1 Å². The van der Waals surface area contributed by atoms with Crippen LogP contribution in [0.2, 0.25) is 0 Å². The second-order valence-corrected chi connectivity index (χ2v) is 6.53. The lowest BCUT2D eigenvalue weighted by Gasteiger charge is -2.40. The number of para-hydroxylation sites is 1. The lowest BCUT2D eigenvalue weighted by molar-refractivity contribution is 0.296. The zero-order chi connectivity index (χ0) is 17.7. The molecule has 0 fully saturated rings. The Morgan fingerprint density at radius 2 is 2.04 bits per heavy atom. The van der Waals surface area contributed by atoms with E-state index in [1.54, 1.807) is 14.2 Å². The van der Waals surface area contributed by atoms with Gasteiger partial charge in [-0.05, 0) is 52.4 Å². The minimum atomic E-state index is -0.395. The number of nitrogens with two attached hydrogens (primary N) is 1. The lowest BCUT2D eigenvalue weighted by Crippen LogP contribution is -2.39. The summed E-state index contributed by atoms with van der Waals surface area (Å²) in [5.74, 6) is 1.40. The Morgan fingerprint density at radius 1 is 1.29 bits per heavy atom. The summed E-state index contributed by atoms with van der Waals surface area (Å²) in [5.41, 5.74) is 8.54. The molecule has 0 bridgehead atoms. The molecular weight excluding hydrogens is 302 g/mol. The van der Waals surface area contributed by atoms with E-state index in [-0.39, 0.29) is 0 Å². The van der Waals surface area contributed by atoms with Gasteiger partial charge in [0, 0.05) is 22.2 Å². The van der Waals surface area contributed by atoms with Gasteiger partial charge in [-0.2, -0.15) is 5.26 Å². The van der Waals surface area contributed by atoms with Crippen LogP contribution < -0.4 is 15.2 Å². The fourth-order valence-corrected chi connectivity index (χ4v) is 3.59. The van der Waals surface area contributed by atoms with Crippen molar-refractivity contribution in [2.75, 3.05) is 34.9 Å². The first-order valence-electron chi connectivity index (χ1n) is 8.25. The van der Waals surface area contributed by atoms with Crippen molar-refractivity contribution in [1.82, 2.24) is 4.90 Å². The Balaban J connectivity index is 2.67. The quantitative estimate of drug-likeness (QED) is 0.869. The van der Waals surface area contributed by atoms with Gasteiger partial charge in [0.1, 0.15) is 0 Å². The molecule has 5 heteroatoms. The number of nitriles is 1. The van der Waals surface area contributed by atoms with Crippen LogP contribution in [0.5, 0.6) is 11.5 Å². The number of methoxy groups -OCH3 is 2. The first-order chi connectivity index (χ1) is 11.5. The van der Waals surface area contributed by atoms with Gasteiger partial charge in [-0.25, -0.2) is 0 Å². The van der Waals surface area contributed by atoms with Crippen molar-refractivity contribution in [2.45, 2.75) is 31.1 Å². The van der Waals surface area contributed by atoms with Gasteiger partial charge < -0.3 is 20.1 Å². The van der Waals surface area contributed by atoms with Gasteiger partial charge in [0.2, 0.25) is 0 Å². The number of ether oxygens (including phenoxy) is 2. The molecule has 0 saturated carbocycles. The Labute approximate surface area is 144 Å². The molecule has 0 spiro atoms. The molecule has 1 aliphatic carbocycles. The maximum Gasteiger partial charge on any atom is 0.164 e. The van der Waals surface area contributed by atoms with Gasteiger partial charge in [-0.3, -0.25) is 0 Å². The molecule has 0 amide bonds. The highest BCUT2D eigenvalue weighted by Crippen LogP contribution is 2.49. The van der Waals surface area contributed by atoms with Gasteiger partial charge in [0.05, 0.1) is 20.3 Å². The zero-order valence-corrected chi connectivity index (χ0v) is 15.1. The monoisotopic (exact) mass is 329 g/mol. The first-order valence-corrected chi connectivity index (χ1v) is 8.25. The van der Waals surface area contributed by atoms with Crippen molar-refractivity contribution in [3.63, 3.8) is 0 Å². The van der Waals surface area contributed by atoms with E-state index in [1.807, 2.05) is 32.3 Å². The molecule has 0 radical (unpaired) electrons. The number of nitrogens with zero attached hydrogens (tertiary/aromatic N) is 2. The largest absolute Gasteiger partial charge is 0.493 e. The van der Waals surface area contributed by atoms with Crippen molar-refractivity contribution in [3.8, 4) is 17.6 Å². The van der Waals surface area contributed by atoms with Crippen LogP contribution in [0.25, 0.3) is 0 Å². The maximum absolute atomic E-state index is 9.49. The van der Waals surface area contributed by atoms with Crippen LogP contribution in [-0.4, -0.2) is 39.8 Å². The number of rotatable bonds is 6. The molecule has 2 N–H and O–H groups in total. The predicted molar refractivity (Wildman–Crippen MR) is 95.1 cm³/mol. The Bertz CT molecular complexity index is 661. The molecule has 5 nitrogen and oxygen atoms in total. The van der Waals surface area contributed by atoms with Crippen LogP contribution in [0.15, 0.2) is 29.5 Å². The molecule has 1 unspecified atom stereocenters. The van der Waals surface area contributed by atoms with Crippen LogP contribution in [0.3, 0.4) is 0 Å². The van der Waals surface area contributed by atoms with Gasteiger partial charge in [0.25, 0.3) is 0 Å². The normalized spacial score (nSPS) is 20.8. The summed E-state index contributed by atoms with van der Waals surface area (Å²) >= 11 is 0. The van der Waals surface area contributed by atoms with Gasteiger partial charge in [0.15, 0.2) is 11.5 Å². The SMILES string of the molecule is COc1cccc(C2(CCN(C)C)CCCC(C#N)=C2N)c1OC. The molecule has 0 aliphatic heterocycles. The highest BCUT2D eigenvalue weighted by molar-refractivity contribution is 5.55. The third kappa shape index (κ3) is 3.20. The molecular formula is C19H27N3O2. The van der Waals surface area contributed by atoms with Crippen molar-refractivity contribution in [3.05, 3.63) is 35.0 Å². The van der Waals surface area contributed by atoms with Crippen LogP contribution in [0.1, 0.15) is 31.2 Å². The van der Waals surface area contributed by atoms with Crippen molar-refractivity contribution < 1.29 is 9.47 Å². The average Bonchev–Trinajstić information content (AvgIpc) is 2.60. The average molecular weight is 329 g/mol. The van der Waals surface area contributed by atoms with E-state index >= 15 is 0 Å². The Morgan fingerprint density at radius 3 is 2.62 bits per heavy atom. The van der Waals surface area contributed by atoms with Gasteiger partial charge in [-0.15, -0.1) is 0 Å². The summed E-state index contributed by atoms with van der Waals surface area (Å²) in [6.45, 7) is 0.875. The van der Waals surface area contributed by atoms with E-state index in [9.17, 15) is 5.26 Å². The fourth-order valence-electron chi connectivity index (χ4n) is 3.59. The van der Waals surface area contributed by atoms with Crippen LogP contribution in [-0.2, 0) is 5.41 Å². The molecule has 1 aliphatic rings. The van der Waals surface area contributed by atoms with Crippen molar-refractivity contribution >= 4 is 0 Å². The smallest absolute Gasteiger partial charge is 0.164 e. The Hall–Kier alpha value is -2.19. The standard InChI is InChI=1S/C19H27N3O2/c1-22(2)12-11-19(10-6-7-14(13-20)18(19)21)15-8-5-9-16(23-3)17(15)24-4/h5,8-9H,6-7,10-12,21H2,1-4H3. The highest BCUT2D eigenvalue weighted by atomic mass is 16.5. The summed E-state index contributed by atoms with van der Waals surface area (Å²) in [6.07, 6.45) is 3.43. The van der Waals surface area contributed by atoms with E-state index in [1.165, 1.54) is 0 Å². The summed E-state index contributed by atoms with van der Waals surface area (Å²) in [6, 6.07) is 8.19. The number of benzene rings is 1. The summed E-state index contributed by atoms with van der Waals surface area (Å²) in [4.78, 5) is 2.14. The van der Waals surface area contributed by atoms with E-state index in [4.69, 9.17) is 15.2 Å². The Kier molecular flexibility index (Phi) is 5.74. The highest BCUT2D eigenvalue weighted by Gasteiger charge is 2.41. The van der Waals surface area contributed by atoms with Crippen molar-refractivity contribution in [2.24, 2.45) is 5.73 Å². The molecule has 2 rings (SSSR count).